The molecule has 0 saturated carbocycles. The second kappa shape index (κ2) is 5.21. The molecule has 2 rings (SSSR count). The molecule has 0 spiro atoms. The third-order valence-electron chi connectivity index (χ3n) is 2.98. The summed E-state index contributed by atoms with van der Waals surface area (Å²) in [5, 5.41) is 1.09. The molecule has 88 valence electrons. The Morgan fingerprint density at radius 3 is 2.44 bits per heavy atom. The van der Waals surface area contributed by atoms with Crippen molar-refractivity contribution in [3.63, 3.8) is 0 Å². The first-order valence-electron chi connectivity index (χ1n) is 5.72. The first-order chi connectivity index (χ1) is 7.66. The smallest absolute Gasteiger partial charge is 0.0608 e. The lowest BCUT2D eigenvalue weighted by Gasteiger charge is -2.30. The van der Waals surface area contributed by atoms with Crippen molar-refractivity contribution in [2.45, 2.75) is 30.4 Å². The van der Waals surface area contributed by atoms with Gasteiger partial charge in [0.1, 0.15) is 0 Å². The van der Waals surface area contributed by atoms with Crippen molar-refractivity contribution in [1.29, 1.82) is 0 Å². The Kier molecular flexibility index (Phi) is 3.90. The van der Waals surface area contributed by atoms with Gasteiger partial charge < -0.3 is 10.5 Å². The van der Waals surface area contributed by atoms with Crippen LogP contribution in [0.5, 0.6) is 0 Å². The van der Waals surface area contributed by atoms with Gasteiger partial charge in [0.25, 0.3) is 0 Å². The van der Waals surface area contributed by atoms with Gasteiger partial charge in [-0.05, 0) is 12.5 Å². The average molecular weight is 237 g/mol. The van der Waals surface area contributed by atoms with E-state index >= 15 is 0 Å². The Morgan fingerprint density at radius 1 is 1.31 bits per heavy atom. The molecule has 1 heterocycles. The monoisotopic (exact) mass is 237 g/mol. The van der Waals surface area contributed by atoms with E-state index in [4.69, 9.17) is 10.5 Å². The van der Waals surface area contributed by atoms with Crippen LogP contribution in [0.15, 0.2) is 24.3 Å². The normalized spacial score (nSPS) is 20.2. The van der Waals surface area contributed by atoms with Gasteiger partial charge in [-0.1, -0.05) is 36.8 Å². The van der Waals surface area contributed by atoms with Crippen LogP contribution < -0.4 is 5.73 Å². The van der Waals surface area contributed by atoms with Crippen LogP contribution in [0.3, 0.4) is 0 Å². The molecule has 0 amide bonds. The van der Waals surface area contributed by atoms with Gasteiger partial charge in [0.2, 0.25) is 0 Å². The van der Waals surface area contributed by atoms with E-state index < -0.39 is 0 Å². The molecule has 1 aliphatic heterocycles. The van der Waals surface area contributed by atoms with Crippen molar-refractivity contribution in [1.82, 2.24) is 0 Å². The molecule has 1 aromatic rings. The van der Waals surface area contributed by atoms with Gasteiger partial charge in [0.05, 0.1) is 18.5 Å². The van der Waals surface area contributed by atoms with Crippen LogP contribution in [-0.4, -0.2) is 23.7 Å². The number of hydrogen-bond acceptors (Lipinski definition) is 3. The zero-order valence-corrected chi connectivity index (χ0v) is 10.7. The lowest BCUT2D eigenvalue weighted by Crippen LogP contribution is -2.34. The zero-order chi connectivity index (χ0) is 11.5. The van der Waals surface area contributed by atoms with Crippen molar-refractivity contribution in [2.24, 2.45) is 5.73 Å². The topological polar surface area (TPSA) is 35.2 Å². The number of hydrogen-bond donors (Lipinski definition) is 1. The summed E-state index contributed by atoms with van der Waals surface area (Å²) < 4.78 is 5.18. The van der Waals surface area contributed by atoms with Crippen LogP contribution in [-0.2, 0) is 4.74 Å². The lowest BCUT2D eigenvalue weighted by atomic mass is 10.0. The molecule has 2 N–H and O–H groups in total. The maximum atomic E-state index is 6.25. The van der Waals surface area contributed by atoms with Gasteiger partial charge in [-0.2, -0.15) is 0 Å². The molecule has 0 radical (unpaired) electrons. The Morgan fingerprint density at radius 2 is 1.94 bits per heavy atom. The molecule has 16 heavy (non-hydrogen) atoms. The summed E-state index contributed by atoms with van der Waals surface area (Å²) >= 11 is 1.94. The molecular weight excluding hydrogens is 218 g/mol. The third kappa shape index (κ3) is 2.78. The van der Waals surface area contributed by atoms with E-state index in [1.54, 1.807) is 0 Å². The number of ether oxygens (including phenoxy) is 1. The molecule has 0 aliphatic carbocycles. The van der Waals surface area contributed by atoms with Crippen molar-refractivity contribution >= 4 is 11.8 Å². The molecule has 3 heteroatoms. The van der Waals surface area contributed by atoms with Crippen LogP contribution in [0.2, 0.25) is 0 Å². The minimum atomic E-state index is 0.117. The molecule has 1 fully saturated rings. The molecule has 1 saturated heterocycles. The summed E-state index contributed by atoms with van der Waals surface area (Å²) in [6.45, 7) is 6.07. The highest BCUT2D eigenvalue weighted by Crippen LogP contribution is 2.30. The van der Waals surface area contributed by atoms with Crippen molar-refractivity contribution in [2.75, 3.05) is 13.2 Å². The van der Waals surface area contributed by atoms with E-state index in [0.29, 0.717) is 10.5 Å². The predicted molar refractivity (Wildman–Crippen MR) is 69.8 cm³/mol. The van der Waals surface area contributed by atoms with Crippen LogP contribution >= 0.6 is 11.8 Å². The number of nitrogens with two attached hydrogens (primary N) is 1. The molecule has 0 bridgehead atoms. The van der Waals surface area contributed by atoms with Crippen molar-refractivity contribution in [3.05, 3.63) is 35.4 Å². The average Bonchev–Trinajstić information content (AvgIpc) is 2.23. The van der Waals surface area contributed by atoms with E-state index in [1.807, 2.05) is 11.8 Å². The highest BCUT2D eigenvalue weighted by molar-refractivity contribution is 8.00. The molecule has 2 atom stereocenters. The molecule has 0 aromatic heterocycles. The number of rotatable bonds is 4. The zero-order valence-electron chi connectivity index (χ0n) is 9.85. The highest BCUT2D eigenvalue weighted by atomic mass is 32.2. The largest absolute Gasteiger partial charge is 0.379 e. The van der Waals surface area contributed by atoms with Gasteiger partial charge in [0.15, 0.2) is 0 Å². The summed E-state index contributed by atoms with van der Waals surface area (Å²) in [6, 6.07) is 8.63. The Hall–Kier alpha value is -0.510. The second-order valence-corrected chi connectivity index (χ2v) is 6.12. The second-order valence-electron chi connectivity index (χ2n) is 4.44. The van der Waals surface area contributed by atoms with Gasteiger partial charge in [-0.3, -0.25) is 0 Å². The maximum absolute atomic E-state index is 6.25. The molecule has 1 aliphatic rings. The Balaban J connectivity index is 1.94. The number of thioether (sulfide) groups is 1. The number of aryl methyl sites for hydroxylation is 1. The summed E-state index contributed by atoms with van der Waals surface area (Å²) in [5.41, 5.74) is 8.76. The van der Waals surface area contributed by atoms with E-state index in [9.17, 15) is 0 Å². The Labute approximate surface area is 102 Å². The van der Waals surface area contributed by atoms with E-state index in [0.717, 1.165) is 13.2 Å². The van der Waals surface area contributed by atoms with Gasteiger partial charge in [0, 0.05) is 11.3 Å². The Bertz CT molecular complexity index is 334. The minimum Gasteiger partial charge on any atom is -0.379 e. The quantitative estimate of drug-likeness (QED) is 0.874. The molecule has 2 unspecified atom stereocenters. The van der Waals surface area contributed by atoms with E-state index in [1.165, 1.54) is 11.1 Å². The molecule has 1 aromatic carbocycles. The highest BCUT2D eigenvalue weighted by Gasteiger charge is 2.25. The SMILES string of the molecule is Cc1ccc(C(N)C(C)SC2COC2)cc1. The van der Waals surface area contributed by atoms with Crippen LogP contribution in [0, 0.1) is 6.92 Å². The fourth-order valence-electron chi connectivity index (χ4n) is 1.74. The lowest BCUT2D eigenvalue weighted by molar-refractivity contribution is 0.0453. The first kappa shape index (κ1) is 12.0. The standard InChI is InChI=1S/C13H19NOS/c1-9-3-5-11(6-4-9)13(14)10(2)16-12-7-15-8-12/h3-6,10,12-13H,7-8,14H2,1-2H3. The first-order valence-corrected chi connectivity index (χ1v) is 6.66. The van der Waals surface area contributed by atoms with E-state index in [2.05, 4.69) is 38.1 Å². The summed E-state index contributed by atoms with van der Waals surface area (Å²) in [7, 11) is 0. The number of benzene rings is 1. The van der Waals surface area contributed by atoms with Gasteiger partial charge in [-0.15, -0.1) is 11.8 Å². The fraction of sp³-hybridized carbons (Fsp3) is 0.538. The van der Waals surface area contributed by atoms with Gasteiger partial charge >= 0.3 is 0 Å². The summed E-state index contributed by atoms with van der Waals surface area (Å²) in [6.07, 6.45) is 0. The van der Waals surface area contributed by atoms with Crippen molar-refractivity contribution in [3.8, 4) is 0 Å². The fourth-order valence-corrected chi connectivity index (χ4v) is 3.02. The maximum Gasteiger partial charge on any atom is 0.0608 e. The van der Waals surface area contributed by atoms with Crippen LogP contribution in [0.25, 0.3) is 0 Å². The summed E-state index contributed by atoms with van der Waals surface area (Å²) in [4.78, 5) is 0. The predicted octanol–water partition coefficient (Wildman–Crippen LogP) is 2.52. The van der Waals surface area contributed by atoms with Gasteiger partial charge in [-0.25, -0.2) is 0 Å². The third-order valence-corrected chi connectivity index (χ3v) is 4.36. The summed E-state index contributed by atoms with van der Waals surface area (Å²) in [5.74, 6) is 0. The van der Waals surface area contributed by atoms with Crippen molar-refractivity contribution < 1.29 is 4.74 Å². The van der Waals surface area contributed by atoms with Crippen LogP contribution in [0.4, 0.5) is 0 Å². The molecule has 2 nitrogen and oxygen atoms in total. The minimum absolute atomic E-state index is 0.117. The van der Waals surface area contributed by atoms with Crippen LogP contribution in [0.1, 0.15) is 24.1 Å². The van der Waals surface area contributed by atoms with E-state index in [-0.39, 0.29) is 6.04 Å². The molecular formula is C13H19NOS.